The lowest BCUT2D eigenvalue weighted by molar-refractivity contribution is -0.142. The lowest BCUT2D eigenvalue weighted by atomic mass is 9.87. The van der Waals surface area contributed by atoms with Crippen LogP contribution < -0.4 is 10.6 Å². The average Bonchev–Trinajstić information content (AvgIpc) is 3.24. The van der Waals surface area contributed by atoms with Crippen molar-refractivity contribution in [3.63, 3.8) is 0 Å². The number of hydrogen-bond acceptors (Lipinski definition) is 5. The van der Waals surface area contributed by atoms with Gasteiger partial charge in [0.05, 0.1) is 13.2 Å². The van der Waals surface area contributed by atoms with Gasteiger partial charge in [-0.3, -0.25) is 9.59 Å². The Morgan fingerprint density at radius 1 is 1.48 bits per heavy atom. The fraction of sp³-hybridized carbons (Fsp3) is 0.895. The lowest BCUT2D eigenvalue weighted by Crippen LogP contribution is -2.30. The zero-order valence-electron chi connectivity index (χ0n) is 15.0. The van der Waals surface area contributed by atoms with E-state index in [1.165, 1.54) is 12.8 Å². The predicted molar refractivity (Wildman–Crippen MR) is 100 cm³/mol. The van der Waals surface area contributed by atoms with E-state index in [0.29, 0.717) is 19.6 Å². The van der Waals surface area contributed by atoms with Gasteiger partial charge in [0.2, 0.25) is 5.91 Å². The highest BCUT2D eigenvalue weighted by molar-refractivity contribution is 5.78. The first-order valence-electron chi connectivity index (χ1n) is 9.55. The van der Waals surface area contributed by atoms with Crippen LogP contribution in [0.4, 0.5) is 0 Å². The fourth-order valence-electron chi connectivity index (χ4n) is 3.76. The normalized spacial score (nSPS) is 21.2. The van der Waals surface area contributed by atoms with Crippen LogP contribution in [-0.4, -0.2) is 62.7 Å². The van der Waals surface area contributed by atoms with Crippen molar-refractivity contribution in [2.75, 3.05) is 45.9 Å². The van der Waals surface area contributed by atoms with E-state index in [-0.39, 0.29) is 25.8 Å². The zero-order chi connectivity index (χ0) is 17.2. The van der Waals surface area contributed by atoms with Crippen molar-refractivity contribution in [3.8, 4) is 0 Å². The average molecular weight is 356 g/mol. The molecule has 2 saturated heterocycles. The highest BCUT2D eigenvalue weighted by Crippen LogP contribution is 2.24. The van der Waals surface area contributed by atoms with E-state index in [0.717, 1.165) is 57.3 Å². The van der Waals surface area contributed by atoms with Gasteiger partial charge in [0, 0.05) is 19.5 Å². The van der Waals surface area contributed by atoms with E-state index in [9.17, 15) is 9.59 Å². The summed E-state index contributed by atoms with van der Waals surface area (Å²) in [6.45, 7) is 7.63. The second-order valence-corrected chi connectivity index (χ2v) is 6.95. The first kappa shape index (κ1) is 21.9. The number of esters is 1. The first-order chi connectivity index (χ1) is 11.7. The largest absolute Gasteiger partial charge is 0.465 e. The van der Waals surface area contributed by atoms with Crippen molar-refractivity contribution >= 4 is 11.9 Å². The van der Waals surface area contributed by atoms with Gasteiger partial charge in [0.25, 0.3) is 0 Å². The maximum Gasteiger partial charge on any atom is 0.319 e. The number of nitrogens with zero attached hydrogens (tertiary/aromatic N) is 1. The molecule has 0 radical (unpaired) electrons. The third-order valence-corrected chi connectivity index (χ3v) is 5.26. The van der Waals surface area contributed by atoms with Gasteiger partial charge in [0.15, 0.2) is 0 Å². The number of carbonyl (C=O) groups is 2. The number of likely N-dealkylation sites (tertiary alicyclic amines) is 1. The molecule has 2 heterocycles. The molecule has 2 unspecified atom stereocenters. The van der Waals surface area contributed by atoms with Gasteiger partial charge in [-0.05, 0) is 57.2 Å². The predicted octanol–water partition coefficient (Wildman–Crippen LogP) is 1.79. The van der Waals surface area contributed by atoms with Gasteiger partial charge in [-0.15, -0.1) is 0 Å². The quantitative estimate of drug-likeness (QED) is 0.437. The molecule has 0 aromatic carbocycles. The van der Waals surface area contributed by atoms with Gasteiger partial charge in [0.1, 0.15) is 0 Å². The van der Waals surface area contributed by atoms with E-state index >= 15 is 0 Å². The van der Waals surface area contributed by atoms with Crippen LogP contribution in [-0.2, 0) is 14.3 Å². The van der Waals surface area contributed by atoms with Crippen molar-refractivity contribution in [1.29, 1.82) is 0 Å². The molecule has 0 aromatic heterocycles. The maximum absolute atomic E-state index is 11.7. The molecule has 25 heavy (non-hydrogen) atoms. The molecule has 2 aliphatic rings. The standard InChI is InChI=1S/C18H33N3O3.CH4/c1-2-15(16-7-9-19-13-16)6-8-20-14-18(23)24-12-4-11-21-10-3-5-17(21)22;/h15-16,19-20H,2-14H2,1H3;1H4. The van der Waals surface area contributed by atoms with Crippen LogP contribution in [0.3, 0.4) is 0 Å². The maximum atomic E-state index is 11.7. The smallest absolute Gasteiger partial charge is 0.319 e. The van der Waals surface area contributed by atoms with Crippen LogP contribution in [0.1, 0.15) is 52.9 Å². The summed E-state index contributed by atoms with van der Waals surface area (Å²) in [5.41, 5.74) is 0. The summed E-state index contributed by atoms with van der Waals surface area (Å²) in [6, 6.07) is 0. The van der Waals surface area contributed by atoms with Gasteiger partial charge in [-0.1, -0.05) is 20.8 Å². The highest BCUT2D eigenvalue weighted by Gasteiger charge is 2.23. The van der Waals surface area contributed by atoms with E-state index in [2.05, 4.69) is 17.6 Å². The van der Waals surface area contributed by atoms with Crippen LogP contribution >= 0.6 is 0 Å². The Hall–Kier alpha value is -1.14. The molecule has 1 amide bonds. The minimum absolute atomic E-state index is 0. The molecule has 6 nitrogen and oxygen atoms in total. The summed E-state index contributed by atoms with van der Waals surface area (Å²) in [4.78, 5) is 25.0. The van der Waals surface area contributed by atoms with Crippen molar-refractivity contribution in [2.24, 2.45) is 11.8 Å². The van der Waals surface area contributed by atoms with Crippen LogP contribution in [0.2, 0.25) is 0 Å². The van der Waals surface area contributed by atoms with Crippen molar-refractivity contribution in [3.05, 3.63) is 0 Å². The fourth-order valence-corrected chi connectivity index (χ4v) is 3.76. The minimum atomic E-state index is -0.196. The third kappa shape index (κ3) is 7.74. The second-order valence-electron chi connectivity index (χ2n) is 6.95. The number of nitrogens with one attached hydrogen (secondary N) is 2. The lowest BCUT2D eigenvalue weighted by Gasteiger charge is -2.21. The molecular formula is C19H37N3O3. The number of hydrogen-bond donors (Lipinski definition) is 2. The Morgan fingerprint density at radius 2 is 2.32 bits per heavy atom. The number of ether oxygens (including phenoxy) is 1. The van der Waals surface area contributed by atoms with Crippen LogP contribution in [0.5, 0.6) is 0 Å². The monoisotopic (exact) mass is 355 g/mol. The molecule has 0 saturated carbocycles. The molecule has 0 bridgehead atoms. The topological polar surface area (TPSA) is 70.7 Å². The van der Waals surface area contributed by atoms with Crippen molar-refractivity contribution < 1.29 is 14.3 Å². The Labute approximate surface area is 153 Å². The van der Waals surface area contributed by atoms with E-state index < -0.39 is 0 Å². The van der Waals surface area contributed by atoms with Crippen molar-refractivity contribution in [2.45, 2.75) is 52.9 Å². The van der Waals surface area contributed by atoms with E-state index in [4.69, 9.17) is 4.74 Å². The highest BCUT2D eigenvalue weighted by atomic mass is 16.5. The van der Waals surface area contributed by atoms with Crippen LogP contribution in [0.25, 0.3) is 0 Å². The molecule has 146 valence electrons. The molecule has 2 aliphatic heterocycles. The molecule has 0 aromatic rings. The number of carbonyl (C=O) groups excluding carboxylic acids is 2. The Bertz CT molecular complexity index is 397. The van der Waals surface area contributed by atoms with Gasteiger partial charge in [-0.2, -0.15) is 0 Å². The molecule has 2 fully saturated rings. The van der Waals surface area contributed by atoms with Crippen molar-refractivity contribution in [1.82, 2.24) is 15.5 Å². The molecule has 0 aliphatic carbocycles. The summed E-state index contributed by atoms with van der Waals surface area (Å²) < 4.78 is 5.22. The number of amides is 1. The third-order valence-electron chi connectivity index (χ3n) is 5.26. The number of rotatable bonds is 11. The summed E-state index contributed by atoms with van der Waals surface area (Å²) in [5.74, 6) is 1.56. The van der Waals surface area contributed by atoms with Crippen LogP contribution in [0.15, 0.2) is 0 Å². The molecule has 2 rings (SSSR count). The summed E-state index contributed by atoms with van der Waals surface area (Å²) >= 11 is 0. The second kappa shape index (κ2) is 12.3. The SMILES string of the molecule is C.CCC(CCNCC(=O)OCCCN1CCCC1=O)C1CCNC1. The van der Waals surface area contributed by atoms with E-state index in [1.54, 1.807) is 0 Å². The Morgan fingerprint density at radius 3 is 2.96 bits per heavy atom. The Balaban J connectivity index is 0.00000312. The van der Waals surface area contributed by atoms with Gasteiger partial charge in [-0.25, -0.2) is 0 Å². The van der Waals surface area contributed by atoms with Crippen LogP contribution in [0, 0.1) is 11.8 Å². The zero-order valence-corrected chi connectivity index (χ0v) is 15.0. The minimum Gasteiger partial charge on any atom is -0.465 e. The molecule has 2 atom stereocenters. The van der Waals surface area contributed by atoms with Gasteiger partial charge < -0.3 is 20.3 Å². The molecule has 0 spiro atoms. The first-order valence-corrected chi connectivity index (χ1v) is 9.55. The molecular weight excluding hydrogens is 318 g/mol. The Kier molecular flexibility index (Phi) is 10.7. The molecule has 6 heteroatoms. The summed E-state index contributed by atoms with van der Waals surface area (Å²) in [6.07, 6.45) is 5.95. The summed E-state index contributed by atoms with van der Waals surface area (Å²) in [7, 11) is 0. The summed E-state index contributed by atoms with van der Waals surface area (Å²) in [5, 5.41) is 6.63. The van der Waals surface area contributed by atoms with Gasteiger partial charge >= 0.3 is 5.97 Å². The molecule has 2 N–H and O–H groups in total. The van der Waals surface area contributed by atoms with E-state index in [1.807, 2.05) is 4.90 Å².